The van der Waals surface area contributed by atoms with E-state index in [4.69, 9.17) is 21.4 Å². The molecule has 0 radical (unpaired) electrons. The molecule has 6 nitrogen and oxygen atoms in total. The molecule has 1 amide bonds. The number of benzene rings is 1. The van der Waals surface area contributed by atoms with Gasteiger partial charge in [0.05, 0.1) is 19.1 Å². The van der Waals surface area contributed by atoms with Crippen LogP contribution in [0, 0.1) is 0 Å². The molecule has 0 fully saturated rings. The number of carbonyl (C=O) groups is 2. The first-order chi connectivity index (χ1) is 9.40. The molecule has 0 bridgehead atoms. The molecule has 7 heteroatoms. The molecule has 0 saturated heterocycles. The molecule has 0 aliphatic rings. The van der Waals surface area contributed by atoms with Gasteiger partial charge in [0, 0.05) is 5.02 Å². The minimum atomic E-state index is -1.33. The number of carboxylic acid groups (broad SMARTS) is 1. The van der Waals surface area contributed by atoms with Gasteiger partial charge < -0.3 is 20.3 Å². The molecule has 0 aromatic heterocycles. The summed E-state index contributed by atoms with van der Waals surface area (Å²) in [6.45, 7) is 1.37. The first kappa shape index (κ1) is 16.3. The van der Waals surface area contributed by atoms with Crippen LogP contribution in [-0.4, -0.2) is 40.8 Å². The molecule has 2 unspecified atom stereocenters. The van der Waals surface area contributed by atoms with Crippen LogP contribution >= 0.6 is 11.6 Å². The van der Waals surface area contributed by atoms with Crippen LogP contribution in [-0.2, 0) is 9.59 Å². The molecule has 20 heavy (non-hydrogen) atoms. The molecule has 0 aliphatic carbocycles. The topological polar surface area (TPSA) is 95.9 Å². The maximum Gasteiger partial charge on any atom is 0.328 e. The maximum atomic E-state index is 11.5. The zero-order valence-electron chi connectivity index (χ0n) is 10.9. The number of carbonyl (C=O) groups excluding carboxylic acids is 1. The van der Waals surface area contributed by atoms with Crippen molar-refractivity contribution in [2.75, 3.05) is 6.61 Å². The number of rotatable bonds is 7. The number of nitrogens with one attached hydrogen (secondary N) is 1. The number of hydrogen-bond donors (Lipinski definition) is 3. The van der Waals surface area contributed by atoms with Crippen molar-refractivity contribution in [3.8, 4) is 5.75 Å². The zero-order chi connectivity index (χ0) is 15.1. The van der Waals surface area contributed by atoms with Crippen LogP contribution in [0.25, 0.3) is 0 Å². The van der Waals surface area contributed by atoms with Crippen LogP contribution in [0.3, 0.4) is 0 Å². The highest BCUT2D eigenvalue weighted by atomic mass is 35.5. The Morgan fingerprint density at radius 1 is 1.45 bits per heavy atom. The van der Waals surface area contributed by atoms with Crippen molar-refractivity contribution < 1.29 is 24.5 Å². The van der Waals surface area contributed by atoms with Gasteiger partial charge in [0.2, 0.25) is 5.91 Å². The standard InChI is InChI=1S/C13H16ClNO5/c1-8(16)12(13(18)19)15-11(17)5-6-20-10-4-2-3-9(14)7-10/h2-4,7-8,12,16H,5-6H2,1H3,(H,15,17)(H,18,19). The first-order valence-electron chi connectivity index (χ1n) is 5.98. The summed E-state index contributed by atoms with van der Waals surface area (Å²) in [5.74, 6) is -1.28. The van der Waals surface area contributed by atoms with Crippen molar-refractivity contribution in [2.45, 2.75) is 25.5 Å². The van der Waals surface area contributed by atoms with E-state index >= 15 is 0 Å². The van der Waals surface area contributed by atoms with Gasteiger partial charge in [0.15, 0.2) is 6.04 Å². The van der Waals surface area contributed by atoms with Gasteiger partial charge in [-0.3, -0.25) is 4.79 Å². The summed E-state index contributed by atoms with van der Waals surface area (Å²) in [5, 5.41) is 20.8. The lowest BCUT2D eigenvalue weighted by Crippen LogP contribution is -2.47. The normalized spacial score (nSPS) is 13.3. The predicted molar refractivity (Wildman–Crippen MR) is 72.8 cm³/mol. The molecule has 1 rings (SSSR count). The summed E-state index contributed by atoms with van der Waals surface area (Å²) >= 11 is 5.77. The van der Waals surface area contributed by atoms with Gasteiger partial charge in [-0.05, 0) is 25.1 Å². The van der Waals surface area contributed by atoms with E-state index in [1.165, 1.54) is 6.92 Å². The van der Waals surface area contributed by atoms with Gasteiger partial charge in [-0.25, -0.2) is 4.79 Å². The molecule has 0 aliphatic heterocycles. The Bertz CT molecular complexity index is 478. The quantitative estimate of drug-likeness (QED) is 0.700. The summed E-state index contributed by atoms with van der Waals surface area (Å²) in [4.78, 5) is 22.3. The van der Waals surface area contributed by atoms with E-state index in [0.29, 0.717) is 10.8 Å². The molecule has 110 valence electrons. The lowest BCUT2D eigenvalue weighted by molar-refractivity contribution is -0.144. The maximum absolute atomic E-state index is 11.5. The Kier molecular flexibility index (Phi) is 6.27. The molecule has 1 aromatic carbocycles. The average molecular weight is 302 g/mol. The van der Waals surface area contributed by atoms with Gasteiger partial charge in [0.1, 0.15) is 5.75 Å². The number of hydrogen-bond acceptors (Lipinski definition) is 4. The van der Waals surface area contributed by atoms with E-state index in [1.807, 2.05) is 0 Å². The summed E-state index contributed by atoms with van der Waals surface area (Å²) in [6.07, 6.45) is -1.20. The average Bonchev–Trinajstić information content (AvgIpc) is 2.35. The van der Waals surface area contributed by atoms with E-state index in [-0.39, 0.29) is 13.0 Å². The number of aliphatic hydroxyl groups excluding tert-OH is 1. The van der Waals surface area contributed by atoms with Gasteiger partial charge in [-0.1, -0.05) is 17.7 Å². The Hall–Kier alpha value is -1.79. The van der Waals surface area contributed by atoms with E-state index in [9.17, 15) is 14.7 Å². The third-order valence-electron chi connectivity index (χ3n) is 2.46. The van der Waals surface area contributed by atoms with E-state index in [1.54, 1.807) is 24.3 Å². The fourth-order valence-corrected chi connectivity index (χ4v) is 1.63. The van der Waals surface area contributed by atoms with Crippen LogP contribution in [0.15, 0.2) is 24.3 Å². The van der Waals surface area contributed by atoms with Gasteiger partial charge in [-0.2, -0.15) is 0 Å². The van der Waals surface area contributed by atoms with Crippen molar-refractivity contribution in [2.24, 2.45) is 0 Å². The molecular weight excluding hydrogens is 286 g/mol. The van der Waals surface area contributed by atoms with Crippen LogP contribution < -0.4 is 10.1 Å². The fraction of sp³-hybridized carbons (Fsp3) is 0.385. The SMILES string of the molecule is CC(O)C(NC(=O)CCOc1cccc(Cl)c1)C(=O)O. The second-order valence-corrected chi connectivity index (χ2v) is 4.62. The van der Waals surface area contributed by atoms with Crippen molar-refractivity contribution in [1.82, 2.24) is 5.32 Å². The Balaban J connectivity index is 2.38. The van der Waals surface area contributed by atoms with Gasteiger partial charge >= 0.3 is 5.97 Å². The predicted octanol–water partition coefficient (Wildman–Crippen LogP) is 1.06. The summed E-state index contributed by atoms with van der Waals surface area (Å²) < 4.78 is 5.30. The van der Waals surface area contributed by atoms with Gasteiger partial charge in [-0.15, -0.1) is 0 Å². The van der Waals surface area contributed by atoms with Crippen LogP contribution in [0.1, 0.15) is 13.3 Å². The number of aliphatic carboxylic acids is 1. The second kappa shape index (κ2) is 7.72. The Labute approximate surface area is 121 Å². The molecule has 0 heterocycles. The Morgan fingerprint density at radius 3 is 2.70 bits per heavy atom. The lowest BCUT2D eigenvalue weighted by Gasteiger charge is -2.17. The van der Waals surface area contributed by atoms with Crippen LogP contribution in [0.4, 0.5) is 0 Å². The largest absolute Gasteiger partial charge is 0.493 e. The molecule has 3 N–H and O–H groups in total. The molecule has 2 atom stereocenters. The highest BCUT2D eigenvalue weighted by molar-refractivity contribution is 6.30. The van der Waals surface area contributed by atoms with E-state index in [2.05, 4.69) is 5.32 Å². The van der Waals surface area contributed by atoms with Crippen LogP contribution in [0.5, 0.6) is 5.75 Å². The van der Waals surface area contributed by atoms with Gasteiger partial charge in [0.25, 0.3) is 0 Å². The summed E-state index contributed by atoms with van der Waals surface area (Å²) in [5.41, 5.74) is 0. The zero-order valence-corrected chi connectivity index (χ0v) is 11.6. The highest BCUT2D eigenvalue weighted by Gasteiger charge is 2.24. The van der Waals surface area contributed by atoms with Crippen molar-refractivity contribution in [3.05, 3.63) is 29.3 Å². The molecule has 0 spiro atoms. The summed E-state index contributed by atoms with van der Waals surface area (Å²) in [6, 6.07) is 5.38. The van der Waals surface area contributed by atoms with Crippen LogP contribution in [0.2, 0.25) is 5.02 Å². The van der Waals surface area contributed by atoms with E-state index < -0.39 is 24.0 Å². The first-order valence-corrected chi connectivity index (χ1v) is 6.36. The van der Waals surface area contributed by atoms with Crippen molar-refractivity contribution in [1.29, 1.82) is 0 Å². The minimum Gasteiger partial charge on any atom is -0.493 e. The fourth-order valence-electron chi connectivity index (χ4n) is 1.45. The molecule has 1 aromatic rings. The lowest BCUT2D eigenvalue weighted by atomic mass is 10.2. The molecule has 0 saturated carbocycles. The van der Waals surface area contributed by atoms with Crippen molar-refractivity contribution in [3.63, 3.8) is 0 Å². The second-order valence-electron chi connectivity index (χ2n) is 4.18. The Morgan fingerprint density at radius 2 is 2.15 bits per heavy atom. The van der Waals surface area contributed by atoms with E-state index in [0.717, 1.165) is 0 Å². The monoisotopic (exact) mass is 301 g/mol. The molecular formula is C13H16ClNO5. The highest BCUT2D eigenvalue weighted by Crippen LogP contribution is 2.17. The number of carboxylic acids is 1. The number of amides is 1. The minimum absolute atomic E-state index is 0.0248. The van der Waals surface area contributed by atoms with Crippen molar-refractivity contribution >= 4 is 23.5 Å². The smallest absolute Gasteiger partial charge is 0.328 e. The number of ether oxygens (including phenoxy) is 1. The summed E-state index contributed by atoms with van der Waals surface area (Å²) in [7, 11) is 0. The third kappa shape index (κ3) is 5.46. The third-order valence-corrected chi connectivity index (χ3v) is 2.69. The number of aliphatic hydroxyl groups is 1. The number of halogens is 1.